The molecular weight excluding hydrogens is 497 g/mol. The highest BCUT2D eigenvalue weighted by Gasteiger charge is 2.17. The summed E-state index contributed by atoms with van der Waals surface area (Å²) in [5, 5.41) is 12.3. The van der Waals surface area contributed by atoms with Crippen LogP contribution in [-0.2, 0) is 13.0 Å². The maximum atomic E-state index is 13.4. The number of halogens is 1. The molecule has 0 radical (unpaired) electrons. The summed E-state index contributed by atoms with van der Waals surface area (Å²) in [5.41, 5.74) is 4.14. The molecule has 0 fully saturated rings. The number of aromatic carboxylic acids is 1. The van der Waals surface area contributed by atoms with Crippen LogP contribution in [0, 0.1) is 5.82 Å². The number of carbonyl (C=O) groups excluding carboxylic acids is 1. The Morgan fingerprint density at radius 2 is 1.64 bits per heavy atom. The Balaban J connectivity index is 1.60. The number of benzene rings is 4. The lowest BCUT2D eigenvalue weighted by atomic mass is 9.96. The van der Waals surface area contributed by atoms with E-state index in [0.717, 1.165) is 34.4 Å². The molecule has 0 aliphatic heterocycles. The second-order valence-corrected chi connectivity index (χ2v) is 8.96. The third-order valence-electron chi connectivity index (χ3n) is 6.17. The minimum atomic E-state index is -1.13. The van der Waals surface area contributed by atoms with Gasteiger partial charge in [0.1, 0.15) is 23.9 Å². The van der Waals surface area contributed by atoms with Gasteiger partial charge >= 0.3 is 5.97 Å². The number of hydrogen-bond acceptors (Lipinski definition) is 4. The van der Waals surface area contributed by atoms with Gasteiger partial charge in [-0.1, -0.05) is 56.3 Å². The van der Waals surface area contributed by atoms with Crippen molar-refractivity contribution in [1.29, 1.82) is 0 Å². The average molecular weight is 528 g/mol. The minimum absolute atomic E-state index is 0.00850. The van der Waals surface area contributed by atoms with Crippen LogP contribution in [0.4, 0.5) is 10.1 Å². The van der Waals surface area contributed by atoms with Crippen molar-refractivity contribution in [2.24, 2.45) is 0 Å². The fourth-order valence-electron chi connectivity index (χ4n) is 4.14. The molecule has 0 aliphatic carbocycles. The SMILES string of the molecule is CCCOc1ccccc1-c1ccc(C(=O)Nc2cc(C(=O)O)ccc2OCc2ccc(F)cc2)c(CC)c1. The zero-order valence-corrected chi connectivity index (χ0v) is 21.9. The van der Waals surface area contributed by atoms with E-state index in [2.05, 4.69) is 12.2 Å². The number of ether oxygens (including phenoxy) is 2. The zero-order valence-electron chi connectivity index (χ0n) is 21.9. The lowest BCUT2D eigenvalue weighted by Gasteiger charge is -2.16. The van der Waals surface area contributed by atoms with Crippen LogP contribution in [0.1, 0.15) is 52.1 Å². The monoisotopic (exact) mass is 527 g/mol. The molecule has 39 heavy (non-hydrogen) atoms. The van der Waals surface area contributed by atoms with Gasteiger partial charge in [0.05, 0.1) is 17.9 Å². The van der Waals surface area contributed by atoms with E-state index in [0.29, 0.717) is 24.3 Å². The summed E-state index contributed by atoms with van der Waals surface area (Å²) in [4.78, 5) is 25.0. The molecule has 0 saturated heterocycles. The number of rotatable bonds is 11. The number of aryl methyl sites for hydroxylation is 1. The van der Waals surface area contributed by atoms with E-state index >= 15 is 0 Å². The molecule has 4 aromatic rings. The molecule has 0 saturated carbocycles. The van der Waals surface area contributed by atoms with Gasteiger partial charge in [-0.05, 0) is 72.0 Å². The van der Waals surface area contributed by atoms with Gasteiger partial charge in [-0.15, -0.1) is 0 Å². The topological polar surface area (TPSA) is 84.9 Å². The molecule has 0 aromatic heterocycles. The summed E-state index contributed by atoms with van der Waals surface area (Å²) < 4.78 is 25.0. The Labute approximate surface area is 227 Å². The predicted octanol–water partition coefficient (Wildman–Crippen LogP) is 7.37. The molecule has 0 spiro atoms. The second kappa shape index (κ2) is 12.7. The first-order chi connectivity index (χ1) is 18.9. The number of carbonyl (C=O) groups is 2. The predicted molar refractivity (Wildman–Crippen MR) is 149 cm³/mol. The Bertz CT molecular complexity index is 1470. The van der Waals surface area contributed by atoms with Gasteiger partial charge in [0.2, 0.25) is 0 Å². The van der Waals surface area contributed by atoms with Crippen molar-refractivity contribution in [2.45, 2.75) is 33.3 Å². The maximum Gasteiger partial charge on any atom is 0.335 e. The quantitative estimate of drug-likeness (QED) is 0.213. The molecule has 0 atom stereocenters. The van der Waals surface area contributed by atoms with E-state index < -0.39 is 5.97 Å². The summed E-state index contributed by atoms with van der Waals surface area (Å²) >= 11 is 0. The molecule has 4 aromatic carbocycles. The number of carboxylic acid groups (broad SMARTS) is 1. The number of para-hydroxylation sites is 1. The summed E-state index contributed by atoms with van der Waals surface area (Å²) in [6.45, 7) is 4.75. The third-order valence-corrected chi connectivity index (χ3v) is 6.17. The van der Waals surface area contributed by atoms with Crippen molar-refractivity contribution in [3.8, 4) is 22.6 Å². The van der Waals surface area contributed by atoms with E-state index in [4.69, 9.17) is 9.47 Å². The van der Waals surface area contributed by atoms with E-state index in [9.17, 15) is 19.1 Å². The first kappa shape index (κ1) is 27.4. The molecule has 0 heterocycles. The first-order valence-electron chi connectivity index (χ1n) is 12.8. The fraction of sp³-hybridized carbons (Fsp3) is 0.188. The van der Waals surface area contributed by atoms with Crippen LogP contribution in [0.25, 0.3) is 11.1 Å². The lowest BCUT2D eigenvalue weighted by molar-refractivity contribution is 0.0696. The van der Waals surface area contributed by atoms with E-state index in [1.165, 1.54) is 30.3 Å². The number of amides is 1. The van der Waals surface area contributed by atoms with Crippen molar-refractivity contribution in [1.82, 2.24) is 0 Å². The Morgan fingerprint density at radius 1 is 0.872 bits per heavy atom. The summed E-state index contributed by atoms with van der Waals surface area (Å²) in [6.07, 6.45) is 1.50. The number of carboxylic acids is 1. The zero-order chi connectivity index (χ0) is 27.8. The smallest absolute Gasteiger partial charge is 0.335 e. The highest BCUT2D eigenvalue weighted by molar-refractivity contribution is 6.07. The lowest BCUT2D eigenvalue weighted by Crippen LogP contribution is -2.16. The van der Waals surface area contributed by atoms with Crippen molar-refractivity contribution in [2.75, 3.05) is 11.9 Å². The van der Waals surface area contributed by atoms with Crippen LogP contribution in [0.5, 0.6) is 11.5 Å². The van der Waals surface area contributed by atoms with Gasteiger partial charge < -0.3 is 19.9 Å². The summed E-state index contributed by atoms with van der Waals surface area (Å²) in [5.74, 6) is -0.783. The molecule has 1 amide bonds. The van der Waals surface area contributed by atoms with Crippen molar-refractivity contribution < 1.29 is 28.6 Å². The van der Waals surface area contributed by atoms with Crippen molar-refractivity contribution >= 4 is 17.6 Å². The molecule has 0 unspecified atom stereocenters. The number of anilines is 1. The van der Waals surface area contributed by atoms with Gasteiger partial charge in [-0.2, -0.15) is 0 Å². The van der Waals surface area contributed by atoms with Gasteiger partial charge in [0, 0.05) is 11.1 Å². The highest BCUT2D eigenvalue weighted by Crippen LogP contribution is 2.33. The van der Waals surface area contributed by atoms with Crippen LogP contribution >= 0.6 is 0 Å². The van der Waals surface area contributed by atoms with Crippen LogP contribution in [0.3, 0.4) is 0 Å². The van der Waals surface area contributed by atoms with Gasteiger partial charge in [-0.3, -0.25) is 4.79 Å². The molecular formula is C32H30FNO5. The normalized spacial score (nSPS) is 10.6. The van der Waals surface area contributed by atoms with Gasteiger partial charge in [0.15, 0.2) is 0 Å². The number of hydrogen-bond donors (Lipinski definition) is 2. The van der Waals surface area contributed by atoms with E-state index in [-0.39, 0.29) is 29.6 Å². The molecule has 7 heteroatoms. The molecule has 4 rings (SSSR count). The Morgan fingerprint density at radius 3 is 2.36 bits per heavy atom. The molecule has 0 aliphatic rings. The van der Waals surface area contributed by atoms with Gasteiger partial charge in [-0.25, -0.2) is 9.18 Å². The van der Waals surface area contributed by atoms with Crippen LogP contribution in [0.2, 0.25) is 0 Å². The highest BCUT2D eigenvalue weighted by atomic mass is 19.1. The minimum Gasteiger partial charge on any atom is -0.493 e. The average Bonchev–Trinajstić information content (AvgIpc) is 2.95. The standard InChI is InChI=1S/C32H30FNO5/c1-3-17-38-29-8-6-5-7-26(29)23-11-15-27(22(4-2)18-23)31(35)34-28-19-24(32(36)37)12-16-30(28)39-20-21-9-13-25(33)14-10-21/h5-16,18-19H,3-4,17,20H2,1-2H3,(H,34,35)(H,36,37). The molecule has 2 N–H and O–H groups in total. The number of nitrogens with one attached hydrogen (secondary N) is 1. The molecule has 200 valence electrons. The summed E-state index contributed by atoms with van der Waals surface area (Å²) in [6, 6.07) is 23.5. The Hall–Kier alpha value is -4.65. The third kappa shape index (κ3) is 6.82. The summed E-state index contributed by atoms with van der Waals surface area (Å²) in [7, 11) is 0. The van der Waals surface area contributed by atoms with Crippen LogP contribution in [0.15, 0.2) is 84.9 Å². The Kier molecular flexibility index (Phi) is 8.94. The van der Waals surface area contributed by atoms with Crippen molar-refractivity contribution in [3.05, 3.63) is 113 Å². The van der Waals surface area contributed by atoms with Gasteiger partial charge in [0.25, 0.3) is 5.91 Å². The van der Waals surface area contributed by atoms with E-state index in [1.807, 2.05) is 43.3 Å². The van der Waals surface area contributed by atoms with Crippen LogP contribution < -0.4 is 14.8 Å². The molecule has 6 nitrogen and oxygen atoms in total. The second-order valence-electron chi connectivity index (χ2n) is 8.96. The fourth-order valence-corrected chi connectivity index (χ4v) is 4.14. The first-order valence-corrected chi connectivity index (χ1v) is 12.8. The maximum absolute atomic E-state index is 13.4. The largest absolute Gasteiger partial charge is 0.493 e. The van der Waals surface area contributed by atoms with Crippen molar-refractivity contribution in [3.63, 3.8) is 0 Å². The molecule has 0 bridgehead atoms. The van der Waals surface area contributed by atoms with E-state index in [1.54, 1.807) is 18.2 Å². The van der Waals surface area contributed by atoms with Crippen LogP contribution in [-0.4, -0.2) is 23.6 Å².